The molecule has 0 radical (unpaired) electrons. The van der Waals surface area contributed by atoms with Gasteiger partial charge in [-0.1, -0.05) is 23.5 Å². The summed E-state index contributed by atoms with van der Waals surface area (Å²) in [6, 6.07) is 8.24. The summed E-state index contributed by atoms with van der Waals surface area (Å²) < 4.78 is 6.86. The van der Waals surface area contributed by atoms with E-state index in [4.69, 9.17) is 9.72 Å². The maximum Gasteiger partial charge on any atom is 0.312 e. The maximum atomic E-state index is 12.5. The van der Waals surface area contributed by atoms with Crippen molar-refractivity contribution in [3.8, 4) is 0 Å². The molecule has 5 nitrogen and oxygen atoms in total. The van der Waals surface area contributed by atoms with Gasteiger partial charge in [-0.05, 0) is 39.1 Å². The summed E-state index contributed by atoms with van der Waals surface area (Å²) in [6.07, 6.45) is 2.64. The fraction of sp³-hybridized carbons (Fsp3) is 0.556. The number of piperidine rings is 1. The Hall–Kier alpha value is -1.66. The third-order valence-electron chi connectivity index (χ3n) is 5.17. The summed E-state index contributed by atoms with van der Waals surface area (Å²) in [5.74, 6) is 0.0123. The summed E-state index contributed by atoms with van der Waals surface area (Å²) in [5, 5.41) is 1.07. The van der Waals surface area contributed by atoms with Gasteiger partial charge in [0.05, 0.1) is 15.6 Å². The van der Waals surface area contributed by atoms with E-state index >= 15 is 0 Å². The molecule has 0 N–H and O–H groups in total. The smallest absolute Gasteiger partial charge is 0.312 e. The maximum absolute atomic E-state index is 12.5. The van der Waals surface area contributed by atoms with Gasteiger partial charge >= 0.3 is 5.97 Å². The Bertz CT molecular complexity index is 717. The fourth-order valence-corrected chi connectivity index (χ4v) is 4.89. The molecule has 3 heterocycles. The molecule has 0 saturated carbocycles. The van der Waals surface area contributed by atoms with Gasteiger partial charge in [-0.15, -0.1) is 0 Å². The Morgan fingerprint density at radius 2 is 2.08 bits per heavy atom. The zero-order valence-corrected chi connectivity index (χ0v) is 15.0. The van der Waals surface area contributed by atoms with Crippen molar-refractivity contribution in [3.05, 3.63) is 24.3 Å². The second kappa shape index (κ2) is 6.01. The van der Waals surface area contributed by atoms with Crippen LogP contribution in [0.5, 0.6) is 0 Å². The predicted octanol–water partition coefficient (Wildman–Crippen LogP) is 2.76. The number of hydrogen-bond acceptors (Lipinski definition) is 6. The Balaban J connectivity index is 1.45. The molecular weight excluding hydrogens is 322 g/mol. The molecule has 24 heavy (non-hydrogen) atoms. The molecular formula is C18H23N3O2S. The van der Waals surface area contributed by atoms with Crippen LogP contribution in [-0.2, 0) is 9.53 Å². The van der Waals surface area contributed by atoms with Crippen LogP contribution in [0.1, 0.15) is 19.3 Å². The molecule has 1 aromatic carbocycles. The number of ether oxygens (including phenoxy) is 1. The van der Waals surface area contributed by atoms with Crippen molar-refractivity contribution in [2.75, 3.05) is 38.6 Å². The lowest BCUT2D eigenvalue weighted by molar-refractivity contribution is -0.150. The van der Waals surface area contributed by atoms with E-state index in [9.17, 15) is 4.79 Å². The number of para-hydroxylation sites is 1. The Labute approximate surface area is 146 Å². The van der Waals surface area contributed by atoms with Crippen molar-refractivity contribution in [3.63, 3.8) is 0 Å². The van der Waals surface area contributed by atoms with Gasteiger partial charge in [-0.25, -0.2) is 4.98 Å². The van der Waals surface area contributed by atoms with E-state index in [-0.39, 0.29) is 17.5 Å². The average molecular weight is 345 g/mol. The van der Waals surface area contributed by atoms with E-state index < -0.39 is 0 Å². The first kappa shape index (κ1) is 15.8. The van der Waals surface area contributed by atoms with Gasteiger partial charge in [0, 0.05) is 26.1 Å². The summed E-state index contributed by atoms with van der Waals surface area (Å²) in [4.78, 5) is 21.6. The number of aromatic nitrogens is 1. The summed E-state index contributed by atoms with van der Waals surface area (Å²) in [5.41, 5.74) is 0.789. The molecule has 2 fully saturated rings. The molecule has 1 atom stereocenters. The van der Waals surface area contributed by atoms with Gasteiger partial charge in [0.1, 0.15) is 6.10 Å². The zero-order valence-electron chi connectivity index (χ0n) is 14.2. The lowest BCUT2D eigenvalue weighted by Crippen LogP contribution is -2.42. The predicted molar refractivity (Wildman–Crippen MR) is 96.6 cm³/mol. The number of esters is 1. The monoisotopic (exact) mass is 345 g/mol. The zero-order chi connectivity index (χ0) is 16.7. The van der Waals surface area contributed by atoms with Crippen LogP contribution in [0.25, 0.3) is 10.2 Å². The van der Waals surface area contributed by atoms with Crippen molar-refractivity contribution in [2.24, 2.45) is 5.41 Å². The van der Waals surface area contributed by atoms with Crippen LogP contribution >= 0.6 is 11.3 Å². The molecule has 2 aliphatic heterocycles. The number of carbonyl (C=O) groups excluding carboxylic acids is 1. The molecule has 6 heteroatoms. The van der Waals surface area contributed by atoms with Gasteiger partial charge in [0.25, 0.3) is 0 Å². The summed E-state index contributed by atoms with van der Waals surface area (Å²) in [7, 11) is 4.04. The van der Waals surface area contributed by atoms with E-state index in [1.54, 1.807) is 11.3 Å². The molecule has 4 rings (SSSR count). The second-order valence-corrected chi connectivity index (χ2v) is 8.23. The first-order valence-electron chi connectivity index (χ1n) is 8.52. The van der Waals surface area contributed by atoms with Crippen molar-refractivity contribution < 1.29 is 9.53 Å². The third kappa shape index (κ3) is 2.78. The molecule has 0 aliphatic carbocycles. The SMILES string of the molecule is CN(C)CC1CC2(CCN(c3nc4ccccc4s3)CC2)C(=O)O1. The first-order valence-corrected chi connectivity index (χ1v) is 9.34. The highest BCUT2D eigenvalue weighted by molar-refractivity contribution is 7.22. The highest BCUT2D eigenvalue weighted by Crippen LogP contribution is 2.44. The van der Waals surface area contributed by atoms with Crippen LogP contribution in [0.15, 0.2) is 24.3 Å². The molecule has 1 aromatic heterocycles. The molecule has 2 aromatic rings. The van der Waals surface area contributed by atoms with Crippen molar-refractivity contribution in [1.82, 2.24) is 9.88 Å². The van der Waals surface area contributed by atoms with Gasteiger partial charge < -0.3 is 14.5 Å². The number of thiazole rings is 1. The van der Waals surface area contributed by atoms with E-state index in [0.717, 1.165) is 49.5 Å². The molecule has 0 bridgehead atoms. The molecule has 0 amide bonds. The van der Waals surface area contributed by atoms with Crippen LogP contribution in [0, 0.1) is 5.41 Å². The van der Waals surface area contributed by atoms with E-state index in [0.29, 0.717) is 0 Å². The van der Waals surface area contributed by atoms with E-state index in [1.165, 1.54) is 4.70 Å². The number of cyclic esters (lactones) is 1. The molecule has 1 spiro atoms. The van der Waals surface area contributed by atoms with Crippen molar-refractivity contribution in [1.29, 1.82) is 0 Å². The third-order valence-corrected chi connectivity index (χ3v) is 6.26. The minimum absolute atomic E-state index is 0.0123. The van der Waals surface area contributed by atoms with Crippen LogP contribution in [0.3, 0.4) is 0 Å². The minimum atomic E-state index is -0.270. The van der Waals surface area contributed by atoms with Gasteiger partial charge in [0.15, 0.2) is 5.13 Å². The van der Waals surface area contributed by atoms with Gasteiger partial charge in [0.2, 0.25) is 0 Å². The number of anilines is 1. The van der Waals surface area contributed by atoms with Gasteiger partial charge in [-0.3, -0.25) is 4.79 Å². The molecule has 1 unspecified atom stereocenters. The van der Waals surface area contributed by atoms with Crippen LogP contribution < -0.4 is 4.90 Å². The minimum Gasteiger partial charge on any atom is -0.461 e. The topological polar surface area (TPSA) is 45.7 Å². The standard InChI is InChI=1S/C18H23N3O2S/c1-20(2)12-13-11-18(16(22)23-13)7-9-21(10-8-18)17-19-14-5-3-4-6-15(14)24-17/h3-6,13H,7-12H2,1-2H3. The Kier molecular flexibility index (Phi) is 3.96. The number of likely N-dealkylation sites (N-methyl/N-ethyl adjacent to an activating group) is 1. The number of nitrogens with zero attached hydrogens (tertiary/aromatic N) is 3. The number of rotatable bonds is 3. The number of hydrogen-bond donors (Lipinski definition) is 0. The van der Waals surface area contributed by atoms with Crippen molar-refractivity contribution in [2.45, 2.75) is 25.4 Å². The highest BCUT2D eigenvalue weighted by Gasteiger charge is 2.50. The largest absolute Gasteiger partial charge is 0.461 e. The normalized spacial score (nSPS) is 23.4. The lowest BCUT2D eigenvalue weighted by atomic mass is 9.76. The molecule has 128 valence electrons. The van der Waals surface area contributed by atoms with Crippen LogP contribution in [-0.4, -0.2) is 55.7 Å². The number of carbonyl (C=O) groups is 1. The molecule has 2 aliphatic rings. The van der Waals surface area contributed by atoms with Crippen molar-refractivity contribution >= 4 is 32.7 Å². The Morgan fingerprint density at radius 1 is 1.33 bits per heavy atom. The lowest BCUT2D eigenvalue weighted by Gasteiger charge is -2.36. The van der Waals surface area contributed by atoms with E-state index in [1.807, 2.05) is 20.2 Å². The highest BCUT2D eigenvalue weighted by atomic mass is 32.1. The van der Waals surface area contributed by atoms with Gasteiger partial charge in [-0.2, -0.15) is 0 Å². The Morgan fingerprint density at radius 3 is 2.79 bits per heavy atom. The number of benzene rings is 1. The summed E-state index contributed by atoms with van der Waals surface area (Å²) >= 11 is 1.74. The first-order chi connectivity index (χ1) is 11.6. The van der Waals surface area contributed by atoms with E-state index in [2.05, 4.69) is 28.0 Å². The summed E-state index contributed by atoms with van der Waals surface area (Å²) in [6.45, 7) is 2.57. The van der Waals surface area contributed by atoms with Crippen LogP contribution in [0.2, 0.25) is 0 Å². The van der Waals surface area contributed by atoms with Crippen LogP contribution in [0.4, 0.5) is 5.13 Å². The quantitative estimate of drug-likeness (QED) is 0.801. The average Bonchev–Trinajstić information content (AvgIpc) is 3.10. The molecule has 2 saturated heterocycles. The fourth-order valence-electron chi connectivity index (χ4n) is 3.88. The second-order valence-electron chi connectivity index (χ2n) is 7.23. The number of fused-ring (bicyclic) bond motifs is 1.